The van der Waals surface area contributed by atoms with Crippen molar-refractivity contribution < 1.29 is 9.90 Å². The van der Waals surface area contributed by atoms with Crippen LogP contribution >= 0.6 is 12.2 Å². The first kappa shape index (κ1) is 11.9. The fraction of sp³-hybridized carbons (Fsp3) is 0.667. The molecule has 15 heavy (non-hydrogen) atoms. The van der Waals surface area contributed by atoms with Crippen LogP contribution in [0, 0.1) is 11.3 Å². The van der Waals surface area contributed by atoms with Gasteiger partial charge in [-0.05, 0) is 31.5 Å². The van der Waals surface area contributed by atoms with Gasteiger partial charge < -0.3 is 10.8 Å². The second-order valence-corrected chi connectivity index (χ2v) is 4.67. The number of aliphatic carboxylic acids is 1. The Labute approximate surface area is 93.7 Å². The standard InChI is InChI=1S/C9H15N3O2S/c1-5-3-9(2,7(13)14)4-6(5)11-12-8(10)15/h5H,3-4H2,1-2H3,(H,13,14)(H3,10,12,15)/b11-6-/t5-,9-/m0/s1. The summed E-state index contributed by atoms with van der Waals surface area (Å²) in [4.78, 5) is 11.0. The molecule has 0 radical (unpaired) electrons. The molecule has 0 spiro atoms. The lowest BCUT2D eigenvalue weighted by atomic mass is 9.88. The lowest BCUT2D eigenvalue weighted by Gasteiger charge is -2.15. The topological polar surface area (TPSA) is 87.7 Å². The van der Waals surface area contributed by atoms with Crippen molar-refractivity contribution in [2.75, 3.05) is 0 Å². The number of nitrogens with two attached hydrogens (primary N) is 1. The lowest BCUT2D eigenvalue weighted by molar-refractivity contribution is -0.147. The average Bonchev–Trinajstić information content (AvgIpc) is 2.39. The van der Waals surface area contributed by atoms with Crippen LogP contribution < -0.4 is 11.2 Å². The van der Waals surface area contributed by atoms with E-state index < -0.39 is 11.4 Å². The van der Waals surface area contributed by atoms with Crippen molar-refractivity contribution in [3.63, 3.8) is 0 Å². The van der Waals surface area contributed by atoms with E-state index in [1.54, 1.807) is 6.92 Å². The van der Waals surface area contributed by atoms with Gasteiger partial charge in [0.2, 0.25) is 0 Å². The molecule has 1 saturated carbocycles. The molecule has 1 aliphatic rings. The maximum absolute atomic E-state index is 11.0. The van der Waals surface area contributed by atoms with Crippen LogP contribution in [0.5, 0.6) is 0 Å². The number of hydrogen-bond donors (Lipinski definition) is 3. The van der Waals surface area contributed by atoms with Crippen LogP contribution in [-0.2, 0) is 4.79 Å². The van der Waals surface area contributed by atoms with Crippen molar-refractivity contribution in [2.45, 2.75) is 26.7 Å². The summed E-state index contributed by atoms with van der Waals surface area (Å²) in [6.07, 6.45) is 1.04. The van der Waals surface area contributed by atoms with Crippen molar-refractivity contribution in [1.29, 1.82) is 0 Å². The summed E-state index contributed by atoms with van der Waals surface area (Å²) in [7, 11) is 0. The molecule has 1 fully saturated rings. The molecule has 1 rings (SSSR count). The monoisotopic (exact) mass is 229 g/mol. The molecular formula is C9H15N3O2S. The van der Waals surface area contributed by atoms with Crippen LogP contribution in [0.2, 0.25) is 0 Å². The third kappa shape index (κ3) is 2.65. The Balaban J connectivity index is 2.76. The molecule has 1 aliphatic carbocycles. The van der Waals surface area contributed by atoms with E-state index in [-0.39, 0.29) is 11.0 Å². The van der Waals surface area contributed by atoms with Crippen molar-refractivity contribution in [2.24, 2.45) is 22.2 Å². The molecule has 0 saturated heterocycles. The third-order valence-electron chi connectivity index (χ3n) is 2.72. The third-order valence-corrected chi connectivity index (χ3v) is 2.81. The van der Waals surface area contributed by atoms with Gasteiger partial charge in [0.1, 0.15) is 0 Å². The van der Waals surface area contributed by atoms with Crippen molar-refractivity contribution in [3.8, 4) is 0 Å². The van der Waals surface area contributed by atoms with Crippen molar-refractivity contribution in [1.82, 2.24) is 5.43 Å². The van der Waals surface area contributed by atoms with E-state index in [4.69, 9.17) is 10.8 Å². The molecule has 4 N–H and O–H groups in total. The highest BCUT2D eigenvalue weighted by molar-refractivity contribution is 7.80. The van der Waals surface area contributed by atoms with Gasteiger partial charge in [0.25, 0.3) is 0 Å². The number of carbonyl (C=O) groups is 1. The van der Waals surface area contributed by atoms with Gasteiger partial charge in [-0.15, -0.1) is 0 Å². The minimum absolute atomic E-state index is 0.0960. The minimum Gasteiger partial charge on any atom is -0.481 e. The first-order chi connectivity index (χ1) is 6.85. The van der Waals surface area contributed by atoms with Crippen molar-refractivity contribution in [3.05, 3.63) is 0 Å². The van der Waals surface area contributed by atoms with E-state index in [1.165, 1.54) is 0 Å². The Morgan fingerprint density at radius 3 is 2.80 bits per heavy atom. The number of hydrazone groups is 1. The van der Waals surface area contributed by atoms with E-state index in [1.807, 2.05) is 6.92 Å². The predicted octanol–water partition coefficient (Wildman–Crippen LogP) is 0.696. The molecule has 0 aliphatic heterocycles. The Hall–Kier alpha value is -1.17. The van der Waals surface area contributed by atoms with Gasteiger partial charge in [0.05, 0.1) is 5.41 Å². The van der Waals surface area contributed by atoms with Crippen LogP contribution in [0.1, 0.15) is 26.7 Å². The van der Waals surface area contributed by atoms with Gasteiger partial charge in [-0.3, -0.25) is 10.2 Å². The highest BCUT2D eigenvalue weighted by atomic mass is 32.1. The second kappa shape index (κ2) is 4.14. The van der Waals surface area contributed by atoms with E-state index in [2.05, 4.69) is 22.7 Å². The molecule has 0 amide bonds. The summed E-state index contributed by atoms with van der Waals surface area (Å²) in [6, 6.07) is 0. The highest BCUT2D eigenvalue weighted by Crippen LogP contribution is 2.39. The predicted molar refractivity (Wildman–Crippen MR) is 61.5 cm³/mol. The average molecular weight is 229 g/mol. The molecular weight excluding hydrogens is 214 g/mol. The number of hydrogen-bond acceptors (Lipinski definition) is 3. The second-order valence-electron chi connectivity index (χ2n) is 4.23. The zero-order valence-corrected chi connectivity index (χ0v) is 9.60. The maximum atomic E-state index is 11.0. The summed E-state index contributed by atoms with van der Waals surface area (Å²) in [5, 5.41) is 13.2. The zero-order chi connectivity index (χ0) is 11.6. The minimum atomic E-state index is -0.783. The summed E-state index contributed by atoms with van der Waals surface area (Å²) in [5.41, 5.74) is 7.84. The Morgan fingerprint density at radius 1 is 1.80 bits per heavy atom. The van der Waals surface area contributed by atoms with Gasteiger partial charge in [0.15, 0.2) is 5.11 Å². The first-order valence-corrected chi connectivity index (χ1v) is 5.11. The highest BCUT2D eigenvalue weighted by Gasteiger charge is 2.43. The number of nitrogens with one attached hydrogen (secondary N) is 1. The smallest absolute Gasteiger partial charge is 0.309 e. The normalized spacial score (nSPS) is 32.9. The molecule has 0 aromatic carbocycles. The van der Waals surface area contributed by atoms with Gasteiger partial charge in [-0.2, -0.15) is 5.10 Å². The SMILES string of the molecule is C[C@H]1C[C@](C)(C(=O)O)C/C1=N/NC(N)=S. The summed E-state index contributed by atoms with van der Waals surface area (Å²) in [5.74, 6) is -0.636. The van der Waals surface area contributed by atoms with Crippen LogP contribution in [-0.4, -0.2) is 21.9 Å². The fourth-order valence-electron chi connectivity index (χ4n) is 1.88. The molecule has 84 valence electrons. The number of carboxylic acids is 1. The van der Waals surface area contributed by atoms with E-state index in [0.29, 0.717) is 12.8 Å². The lowest BCUT2D eigenvalue weighted by Crippen LogP contribution is -2.27. The van der Waals surface area contributed by atoms with Gasteiger partial charge in [-0.1, -0.05) is 6.92 Å². The molecule has 2 atom stereocenters. The molecule has 5 nitrogen and oxygen atoms in total. The molecule has 0 aromatic rings. The van der Waals surface area contributed by atoms with E-state index >= 15 is 0 Å². The van der Waals surface area contributed by atoms with Crippen LogP contribution in [0.15, 0.2) is 5.10 Å². The molecule has 0 unspecified atom stereocenters. The molecule has 6 heteroatoms. The number of carboxylic acid groups (broad SMARTS) is 1. The Morgan fingerprint density at radius 2 is 2.40 bits per heavy atom. The first-order valence-electron chi connectivity index (χ1n) is 4.70. The van der Waals surface area contributed by atoms with Gasteiger partial charge >= 0.3 is 5.97 Å². The van der Waals surface area contributed by atoms with E-state index in [0.717, 1.165) is 5.71 Å². The fourth-order valence-corrected chi connectivity index (χ4v) is 1.92. The van der Waals surface area contributed by atoms with Crippen LogP contribution in [0.3, 0.4) is 0 Å². The maximum Gasteiger partial charge on any atom is 0.309 e. The quantitative estimate of drug-likeness (QED) is 0.479. The van der Waals surface area contributed by atoms with Crippen LogP contribution in [0.4, 0.5) is 0 Å². The summed E-state index contributed by atoms with van der Waals surface area (Å²) < 4.78 is 0. The number of thiocarbonyl (C=S) groups is 1. The number of rotatable bonds is 2. The van der Waals surface area contributed by atoms with Gasteiger partial charge in [-0.25, -0.2) is 0 Å². The largest absolute Gasteiger partial charge is 0.481 e. The number of nitrogens with zero attached hydrogens (tertiary/aromatic N) is 1. The summed E-state index contributed by atoms with van der Waals surface area (Å²) in [6.45, 7) is 3.68. The van der Waals surface area contributed by atoms with Crippen LogP contribution in [0.25, 0.3) is 0 Å². The zero-order valence-electron chi connectivity index (χ0n) is 8.78. The van der Waals surface area contributed by atoms with Gasteiger partial charge in [0, 0.05) is 12.1 Å². The van der Waals surface area contributed by atoms with Crippen molar-refractivity contribution >= 4 is 29.0 Å². The van der Waals surface area contributed by atoms with E-state index in [9.17, 15) is 4.79 Å². The Kier molecular flexibility index (Phi) is 3.28. The Bertz CT molecular complexity index is 329. The summed E-state index contributed by atoms with van der Waals surface area (Å²) >= 11 is 4.62. The molecule has 0 bridgehead atoms. The molecule has 0 heterocycles. The molecule has 0 aromatic heterocycles.